The summed E-state index contributed by atoms with van der Waals surface area (Å²) in [4.78, 5) is 11.5. The third-order valence-corrected chi connectivity index (χ3v) is 3.92. The number of aliphatic hydroxyl groups is 1. The molecule has 0 aromatic heterocycles. The van der Waals surface area contributed by atoms with Crippen LogP contribution in [0.15, 0.2) is 42.0 Å². The fourth-order valence-corrected chi connectivity index (χ4v) is 2.63. The highest BCUT2D eigenvalue weighted by atomic mass is 16.7. The van der Waals surface area contributed by atoms with Gasteiger partial charge in [0, 0.05) is 17.3 Å². The van der Waals surface area contributed by atoms with Gasteiger partial charge in [0.15, 0.2) is 0 Å². The van der Waals surface area contributed by atoms with Crippen molar-refractivity contribution in [3.05, 3.63) is 42.0 Å². The lowest BCUT2D eigenvalue weighted by molar-refractivity contribution is -0.176. The summed E-state index contributed by atoms with van der Waals surface area (Å²) in [5, 5.41) is 13.7. The van der Waals surface area contributed by atoms with Crippen LogP contribution in [0.4, 0.5) is 5.69 Å². The topological polar surface area (TPSA) is 58.6 Å². The number of para-hydroxylation sites is 1. The van der Waals surface area contributed by atoms with Gasteiger partial charge in [0.1, 0.15) is 0 Å². The van der Waals surface area contributed by atoms with E-state index in [1.807, 2.05) is 30.3 Å². The second-order valence-electron chi connectivity index (χ2n) is 5.76. The van der Waals surface area contributed by atoms with E-state index in [-0.39, 0.29) is 6.54 Å². The molecule has 0 saturated heterocycles. The molecule has 0 fully saturated rings. The minimum atomic E-state index is -1.52. The molecule has 0 spiro atoms. The van der Waals surface area contributed by atoms with Crippen molar-refractivity contribution in [3.8, 4) is 0 Å². The standard InChI is InChI=1S/C18H25NO3/c1-2-3-4-5-7-10-15-13-17(20)22-18(15,21)14-19-16-11-8-6-9-12-16/h6,8-9,11-13,19,21H,2-5,7,10,14H2,1H3. The monoisotopic (exact) mass is 303 g/mol. The second kappa shape index (κ2) is 7.99. The van der Waals surface area contributed by atoms with Crippen LogP contribution in [0.1, 0.15) is 45.4 Å². The van der Waals surface area contributed by atoms with Gasteiger partial charge in [-0.3, -0.25) is 0 Å². The third-order valence-electron chi connectivity index (χ3n) is 3.92. The number of cyclic esters (lactones) is 1. The molecule has 0 radical (unpaired) electrons. The maximum atomic E-state index is 11.5. The highest BCUT2D eigenvalue weighted by Crippen LogP contribution is 2.30. The smallest absolute Gasteiger partial charge is 0.333 e. The number of ether oxygens (including phenoxy) is 1. The van der Waals surface area contributed by atoms with Crippen molar-refractivity contribution < 1.29 is 14.6 Å². The molecule has 1 heterocycles. The van der Waals surface area contributed by atoms with Crippen LogP contribution in [0.5, 0.6) is 0 Å². The van der Waals surface area contributed by atoms with E-state index in [4.69, 9.17) is 4.74 Å². The highest BCUT2D eigenvalue weighted by Gasteiger charge is 2.40. The number of carbonyl (C=O) groups is 1. The molecule has 0 saturated carbocycles. The maximum absolute atomic E-state index is 11.5. The molecule has 0 aliphatic carbocycles. The van der Waals surface area contributed by atoms with Crippen LogP contribution in [-0.4, -0.2) is 23.4 Å². The van der Waals surface area contributed by atoms with Gasteiger partial charge in [0.2, 0.25) is 0 Å². The molecule has 1 aliphatic heterocycles. The number of esters is 1. The van der Waals surface area contributed by atoms with Gasteiger partial charge in [-0.05, 0) is 25.0 Å². The molecule has 1 aromatic carbocycles. The second-order valence-corrected chi connectivity index (χ2v) is 5.76. The molecule has 0 amide bonds. The largest absolute Gasteiger partial charge is 0.424 e. The molecule has 4 heteroatoms. The lowest BCUT2D eigenvalue weighted by Crippen LogP contribution is -2.39. The molecule has 120 valence electrons. The predicted molar refractivity (Wildman–Crippen MR) is 87.4 cm³/mol. The number of anilines is 1. The highest BCUT2D eigenvalue weighted by molar-refractivity contribution is 5.86. The van der Waals surface area contributed by atoms with Crippen LogP contribution in [0.25, 0.3) is 0 Å². The average Bonchev–Trinajstić information content (AvgIpc) is 2.81. The third kappa shape index (κ3) is 4.60. The summed E-state index contributed by atoms with van der Waals surface area (Å²) in [7, 11) is 0. The van der Waals surface area contributed by atoms with Crippen LogP contribution in [0, 0.1) is 0 Å². The summed E-state index contributed by atoms with van der Waals surface area (Å²) in [6.07, 6.45) is 7.84. The van der Waals surface area contributed by atoms with Crippen molar-refractivity contribution >= 4 is 11.7 Å². The first-order chi connectivity index (χ1) is 10.6. The lowest BCUT2D eigenvalue weighted by Gasteiger charge is -2.26. The van der Waals surface area contributed by atoms with Gasteiger partial charge in [-0.1, -0.05) is 50.8 Å². The number of unbranched alkanes of at least 4 members (excludes halogenated alkanes) is 4. The molecule has 22 heavy (non-hydrogen) atoms. The Morgan fingerprint density at radius 1 is 1.14 bits per heavy atom. The fraction of sp³-hybridized carbons (Fsp3) is 0.500. The summed E-state index contributed by atoms with van der Waals surface area (Å²) >= 11 is 0. The Morgan fingerprint density at radius 3 is 2.59 bits per heavy atom. The summed E-state index contributed by atoms with van der Waals surface area (Å²) < 4.78 is 5.12. The van der Waals surface area contributed by atoms with Gasteiger partial charge in [-0.2, -0.15) is 0 Å². The lowest BCUT2D eigenvalue weighted by atomic mass is 9.99. The van der Waals surface area contributed by atoms with Crippen molar-refractivity contribution in [1.82, 2.24) is 0 Å². The molecular formula is C18H25NO3. The SMILES string of the molecule is CCCCCCCC1=CC(=O)OC1(O)CNc1ccccc1. The number of nitrogens with one attached hydrogen (secondary N) is 1. The van der Waals surface area contributed by atoms with E-state index in [2.05, 4.69) is 12.2 Å². The molecule has 2 rings (SSSR count). The van der Waals surface area contributed by atoms with E-state index in [1.165, 1.54) is 25.3 Å². The van der Waals surface area contributed by atoms with Crippen molar-refractivity contribution in [2.75, 3.05) is 11.9 Å². The molecule has 1 atom stereocenters. The Bertz CT molecular complexity index is 512. The van der Waals surface area contributed by atoms with Crippen LogP contribution < -0.4 is 5.32 Å². The van der Waals surface area contributed by atoms with E-state index >= 15 is 0 Å². The average molecular weight is 303 g/mol. The minimum absolute atomic E-state index is 0.170. The number of rotatable bonds is 9. The summed E-state index contributed by atoms with van der Waals surface area (Å²) in [5.74, 6) is -1.97. The van der Waals surface area contributed by atoms with Gasteiger partial charge in [0.25, 0.3) is 5.79 Å². The quantitative estimate of drug-likeness (QED) is 0.540. The first-order valence-corrected chi connectivity index (χ1v) is 8.09. The van der Waals surface area contributed by atoms with Crippen LogP contribution >= 0.6 is 0 Å². The molecule has 4 nitrogen and oxygen atoms in total. The fourth-order valence-electron chi connectivity index (χ4n) is 2.63. The van der Waals surface area contributed by atoms with Crippen molar-refractivity contribution in [3.63, 3.8) is 0 Å². The normalized spacial score (nSPS) is 20.6. The minimum Gasteiger partial charge on any atom is -0.424 e. The van der Waals surface area contributed by atoms with Gasteiger partial charge in [-0.15, -0.1) is 0 Å². The molecule has 1 unspecified atom stereocenters. The number of hydrogen-bond acceptors (Lipinski definition) is 4. The van der Waals surface area contributed by atoms with Crippen molar-refractivity contribution in [2.24, 2.45) is 0 Å². The predicted octanol–water partition coefficient (Wildman–Crippen LogP) is 3.63. The zero-order valence-corrected chi connectivity index (χ0v) is 13.2. The van der Waals surface area contributed by atoms with E-state index in [9.17, 15) is 9.90 Å². The zero-order valence-electron chi connectivity index (χ0n) is 13.2. The Kier molecular flexibility index (Phi) is 6.01. The first-order valence-electron chi connectivity index (χ1n) is 8.09. The molecular weight excluding hydrogens is 278 g/mol. The molecule has 1 aromatic rings. The Balaban J connectivity index is 1.87. The van der Waals surface area contributed by atoms with Crippen LogP contribution in [0.3, 0.4) is 0 Å². The first kappa shape index (κ1) is 16.6. The summed E-state index contributed by atoms with van der Waals surface area (Å²) in [6, 6.07) is 9.58. The maximum Gasteiger partial charge on any atom is 0.333 e. The van der Waals surface area contributed by atoms with E-state index in [0.717, 1.165) is 18.5 Å². The molecule has 0 bridgehead atoms. The zero-order chi connectivity index (χ0) is 15.8. The Hall–Kier alpha value is -1.81. The Morgan fingerprint density at radius 2 is 1.86 bits per heavy atom. The van der Waals surface area contributed by atoms with Gasteiger partial charge < -0.3 is 15.2 Å². The van der Waals surface area contributed by atoms with Gasteiger partial charge in [-0.25, -0.2) is 4.79 Å². The van der Waals surface area contributed by atoms with E-state index < -0.39 is 11.8 Å². The molecule has 2 N–H and O–H groups in total. The van der Waals surface area contributed by atoms with E-state index in [1.54, 1.807) is 0 Å². The summed E-state index contributed by atoms with van der Waals surface area (Å²) in [5.41, 5.74) is 1.57. The van der Waals surface area contributed by atoms with Crippen molar-refractivity contribution in [2.45, 2.75) is 51.2 Å². The Labute approximate surface area is 132 Å². The number of hydrogen-bond donors (Lipinski definition) is 2. The van der Waals surface area contributed by atoms with Gasteiger partial charge >= 0.3 is 5.97 Å². The number of carbonyl (C=O) groups excluding carboxylic acids is 1. The van der Waals surface area contributed by atoms with Crippen molar-refractivity contribution in [1.29, 1.82) is 0 Å². The molecule has 1 aliphatic rings. The van der Waals surface area contributed by atoms with E-state index in [0.29, 0.717) is 12.0 Å². The summed E-state index contributed by atoms with van der Waals surface area (Å²) in [6.45, 7) is 2.35. The number of benzene rings is 1. The van der Waals surface area contributed by atoms with Crippen LogP contribution in [0.2, 0.25) is 0 Å². The van der Waals surface area contributed by atoms with Gasteiger partial charge in [0.05, 0.1) is 6.54 Å². The van der Waals surface area contributed by atoms with Crippen LogP contribution in [-0.2, 0) is 9.53 Å².